The fourth-order valence-electron chi connectivity index (χ4n) is 2.53. The number of hydrogen-bond donors (Lipinski definition) is 1. The zero-order chi connectivity index (χ0) is 19.1. The van der Waals surface area contributed by atoms with Crippen LogP contribution < -0.4 is 14.8 Å². The minimum atomic E-state index is -0.275. The van der Waals surface area contributed by atoms with Gasteiger partial charge in [-0.3, -0.25) is 4.79 Å². The summed E-state index contributed by atoms with van der Waals surface area (Å²) in [5.41, 5.74) is 2.51. The van der Waals surface area contributed by atoms with E-state index in [1.807, 2.05) is 36.4 Å². The molecular formula is C22H20N2O3. The molecule has 1 heterocycles. The minimum absolute atomic E-state index is 0.275. The molecule has 2 aromatic carbocycles. The molecule has 0 atom stereocenters. The third-order valence-corrected chi connectivity index (χ3v) is 3.89. The van der Waals surface area contributed by atoms with Crippen molar-refractivity contribution in [1.82, 2.24) is 4.98 Å². The molecule has 0 aliphatic carbocycles. The molecule has 3 rings (SSSR count). The Labute approximate surface area is 158 Å². The highest BCUT2D eigenvalue weighted by atomic mass is 16.5. The lowest BCUT2D eigenvalue weighted by Crippen LogP contribution is -2.13. The van der Waals surface area contributed by atoms with Crippen molar-refractivity contribution in [2.24, 2.45) is 0 Å². The summed E-state index contributed by atoms with van der Waals surface area (Å²) in [4.78, 5) is 16.8. The molecule has 3 aromatic rings. The number of nitrogens with zero attached hydrogens (tertiary/aromatic N) is 1. The number of carbonyl (C=O) groups is 1. The molecule has 1 aromatic heterocycles. The molecule has 1 N–H and O–H groups in total. The molecule has 27 heavy (non-hydrogen) atoms. The van der Waals surface area contributed by atoms with Crippen LogP contribution in [-0.4, -0.2) is 24.6 Å². The number of carbonyl (C=O) groups excluding carboxylic acids is 1. The second kappa shape index (κ2) is 8.67. The first kappa shape index (κ1) is 18.2. The molecule has 0 aliphatic heterocycles. The SMILES string of the molecule is C=CCOc1ccc(C(=O)Nc2ccc(-c3ccccc3)cn2)cc1OC. The summed E-state index contributed by atoms with van der Waals surface area (Å²) in [7, 11) is 1.53. The number of benzene rings is 2. The van der Waals surface area contributed by atoms with E-state index in [1.165, 1.54) is 7.11 Å². The third kappa shape index (κ3) is 4.52. The van der Waals surface area contributed by atoms with Crippen molar-refractivity contribution in [3.05, 3.63) is 85.1 Å². The van der Waals surface area contributed by atoms with E-state index in [-0.39, 0.29) is 5.91 Å². The van der Waals surface area contributed by atoms with E-state index in [1.54, 1.807) is 36.5 Å². The molecule has 136 valence electrons. The summed E-state index contributed by atoms with van der Waals surface area (Å²) in [6, 6.07) is 18.6. The standard InChI is InChI=1S/C22H20N2O3/c1-3-13-27-19-11-9-17(14-20(19)26-2)22(25)24-21-12-10-18(15-23-21)16-7-5-4-6-8-16/h3-12,14-15H,1,13H2,2H3,(H,23,24,25). The monoisotopic (exact) mass is 360 g/mol. The van der Waals surface area contributed by atoms with E-state index >= 15 is 0 Å². The Morgan fingerprint density at radius 2 is 1.89 bits per heavy atom. The molecule has 0 radical (unpaired) electrons. The second-order valence-electron chi connectivity index (χ2n) is 5.72. The molecule has 0 saturated carbocycles. The molecule has 1 amide bonds. The van der Waals surface area contributed by atoms with Crippen LogP contribution in [-0.2, 0) is 0 Å². The van der Waals surface area contributed by atoms with Gasteiger partial charge < -0.3 is 14.8 Å². The Hall–Kier alpha value is -3.60. The Bertz CT molecular complexity index is 922. The molecule has 0 unspecified atom stereocenters. The van der Waals surface area contributed by atoms with Crippen molar-refractivity contribution in [1.29, 1.82) is 0 Å². The summed E-state index contributed by atoms with van der Waals surface area (Å²) in [5, 5.41) is 2.79. The number of aromatic nitrogens is 1. The maximum absolute atomic E-state index is 12.5. The fraction of sp³-hybridized carbons (Fsp3) is 0.0909. The van der Waals surface area contributed by atoms with Gasteiger partial charge in [0.05, 0.1) is 7.11 Å². The van der Waals surface area contributed by atoms with Gasteiger partial charge in [-0.15, -0.1) is 0 Å². The predicted octanol–water partition coefficient (Wildman–Crippen LogP) is 4.57. The van der Waals surface area contributed by atoms with E-state index in [0.29, 0.717) is 29.5 Å². The number of nitrogens with one attached hydrogen (secondary N) is 1. The number of pyridine rings is 1. The first-order valence-corrected chi connectivity index (χ1v) is 8.46. The first-order chi connectivity index (χ1) is 13.2. The normalized spacial score (nSPS) is 10.1. The van der Waals surface area contributed by atoms with Crippen LogP contribution in [0.1, 0.15) is 10.4 Å². The van der Waals surface area contributed by atoms with Crippen molar-refractivity contribution in [3.63, 3.8) is 0 Å². The smallest absolute Gasteiger partial charge is 0.256 e. The lowest BCUT2D eigenvalue weighted by molar-refractivity contribution is 0.102. The quantitative estimate of drug-likeness (QED) is 0.627. The van der Waals surface area contributed by atoms with Gasteiger partial charge in [-0.1, -0.05) is 43.0 Å². The zero-order valence-corrected chi connectivity index (χ0v) is 15.0. The van der Waals surface area contributed by atoms with Gasteiger partial charge in [0.2, 0.25) is 0 Å². The van der Waals surface area contributed by atoms with Crippen LogP contribution in [0, 0.1) is 0 Å². The average Bonchev–Trinajstić information content (AvgIpc) is 2.73. The number of ether oxygens (including phenoxy) is 2. The predicted molar refractivity (Wildman–Crippen MR) is 106 cm³/mol. The molecule has 5 heteroatoms. The summed E-state index contributed by atoms with van der Waals surface area (Å²) >= 11 is 0. The number of amides is 1. The second-order valence-corrected chi connectivity index (χ2v) is 5.72. The average molecular weight is 360 g/mol. The summed E-state index contributed by atoms with van der Waals surface area (Å²) in [6.07, 6.45) is 3.38. The van der Waals surface area contributed by atoms with E-state index in [9.17, 15) is 4.79 Å². The van der Waals surface area contributed by atoms with E-state index < -0.39 is 0 Å². The van der Waals surface area contributed by atoms with Crippen molar-refractivity contribution in [3.8, 4) is 22.6 Å². The van der Waals surface area contributed by atoms with Gasteiger partial charge in [-0.2, -0.15) is 0 Å². The fourth-order valence-corrected chi connectivity index (χ4v) is 2.53. The highest BCUT2D eigenvalue weighted by molar-refractivity contribution is 6.04. The van der Waals surface area contributed by atoms with Crippen molar-refractivity contribution in [2.75, 3.05) is 19.0 Å². The van der Waals surface area contributed by atoms with Crippen molar-refractivity contribution in [2.45, 2.75) is 0 Å². The molecule has 5 nitrogen and oxygen atoms in total. The van der Waals surface area contributed by atoms with Crippen LogP contribution in [0.4, 0.5) is 5.82 Å². The Kier molecular flexibility index (Phi) is 5.84. The molecule has 0 saturated heterocycles. The number of hydrogen-bond acceptors (Lipinski definition) is 4. The third-order valence-electron chi connectivity index (χ3n) is 3.89. The summed E-state index contributed by atoms with van der Waals surface area (Å²) in [5.74, 6) is 1.24. The molecule has 0 bridgehead atoms. The van der Waals surface area contributed by atoms with Crippen LogP contribution >= 0.6 is 0 Å². The van der Waals surface area contributed by atoms with E-state index in [0.717, 1.165) is 11.1 Å². The Morgan fingerprint density at radius 1 is 1.07 bits per heavy atom. The molecule has 0 spiro atoms. The van der Waals surface area contributed by atoms with E-state index in [2.05, 4.69) is 16.9 Å². The highest BCUT2D eigenvalue weighted by Gasteiger charge is 2.12. The largest absolute Gasteiger partial charge is 0.493 e. The number of rotatable bonds is 7. The highest BCUT2D eigenvalue weighted by Crippen LogP contribution is 2.28. The minimum Gasteiger partial charge on any atom is -0.493 e. The van der Waals surface area contributed by atoms with Crippen molar-refractivity contribution >= 4 is 11.7 Å². The Balaban J connectivity index is 1.72. The number of methoxy groups -OCH3 is 1. The maximum atomic E-state index is 12.5. The lowest BCUT2D eigenvalue weighted by atomic mass is 10.1. The maximum Gasteiger partial charge on any atom is 0.256 e. The van der Waals surface area contributed by atoms with Crippen LogP contribution in [0.5, 0.6) is 11.5 Å². The van der Waals surface area contributed by atoms with Gasteiger partial charge in [0, 0.05) is 17.3 Å². The van der Waals surface area contributed by atoms with Crippen LogP contribution in [0.3, 0.4) is 0 Å². The van der Waals surface area contributed by atoms with Gasteiger partial charge in [-0.25, -0.2) is 4.98 Å². The van der Waals surface area contributed by atoms with Crippen LogP contribution in [0.15, 0.2) is 79.5 Å². The van der Waals surface area contributed by atoms with Gasteiger partial charge >= 0.3 is 0 Å². The van der Waals surface area contributed by atoms with E-state index in [4.69, 9.17) is 9.47 Å². The molecule has 0 aliphatic rings. The van der Waals surface area contributed by atoms with Gasteiger partial charge in [-0.05, 0) is 35.9 Å². The zero-order valence-electron chi connectivity index (χ0n) is 15.0. The molecular weight excluding hydrogens is 340 g/mol. The molecule has 0 fully saturated rings. The first-order valence-electron chi connectivity index (χ1n) is 8.46. The van der Waals surface area contributed by atoms with Crippen LogP contribution in [0.2, 0.25) is 0 Å². The van der Waals surface area contributed by atoms with Gasteiger partial charge in [0.15, 0.2) is 11.5 Å². The van der Waals surface area contributed by atoms with Crippen LogP contribution in [0.25, 0.3) is 11.1 Å². The van der Waals surface area contributed by atoms with Gasteiger partial charge in [0.1, 0.15) is 12.4 Å². The lowest BCUT2D eigenvalue weighted by Gasteiger charge is -2.11. The number of anilines is 1. The van der Waals surface area contributed by atoms with Crippen molar-refractivity contribution < 1.29 is 14.3 Å². The Morgan fingerprint density at radius 3 is 2.56 bits per heavy atom. The summed E-state index contributed by atoms with van der Waals surface area (Å²) in [6.45, 7) is 3.97. The topological polar surface area (TPSA) is 60.5 Å². The van der Waals surface area contributed by atoms with Gasteiger partial charge in [0.25, 0.3) is 5.91 Å². The summed E-state index contributed by atoms with van der Waals surface area (Å²) < 4.78 is 10.8.